The average molecular weight is 231 g/mol. The molecule has 0 aliphatic carbocycles. The first kappa shape index (κ1) is 11.7. The van der Waals surface area contributed by atoms with Crippen molar-refractivity contribution < 1.29 is 9.42 Å². The van der Waals surface area contributed by atoms with E-state index in [1.54, 1.807) is 7.11 Å². The maximum atomic E-state index is 5.42. The summed E-state index contributed by atoms with van der Waals surface area (Å²) >= 11 is 0. The van der Waals surface area contributed by atoms with Crippen LogP contribution in [0.2, 0.25) is 0 Å². The van der Waals surface area contributed by atoms with Gasteiger partial charge in [-0.15, -0.1) is 9.36 Å². The molecule has 0 fully saturated rings. The van der Waals surface area contributed by atoms with Gasteiger partial charge in [-0.3, -0.25) is 0 Å². The maximum Gasteiger partial charge on any atom is 0.252 e. The minimum atomic E-state index is 0.907. The Kier molecular flexibility index (Phi) is 3.47. The van der Waals surface area contributed by atoms with Gasteiger partial charge in [0.15, 0.2) is 6.54 Å². The highest BCUT2D eigenvalue weighted by molar-refractivity contribution is 5.56. The molecule has 90 valence electrons. The van der Waals surface area contributed by atoms with Crippen molar-refractivity contribution in [1.29, 1.82) is 0 Å². The molecule has 1 aromatic carbocycles. The molecule has 0 bridgehead atoms. The maximum absolute atomic E-state index is 5.42. The molecule has 17 heavy (non-hydrogen) atoms. The van der Waals surface area contributed by atoms with Crippen molar-refractivity contribution in [3.05, 3.63) is 36.4 Å². The predicted octanol–water partition coefficient (Wildman–Crippen LogP) is 2.49. The fraction of sp³-hybridized carbons (Fsp3) is 0.357. The van der Waals surface area contributed by atoms with Gasteiger partial charge in [-0.25, -0.2) is 0 Å². The Bertz CT molecular complexity index is 488. The molecule has 3 nitrogen and oxygen atoms in total. The third-order valence-corrected chi connectivity index (χ3v) is 2.96. The van der Waals surface area contributed by atoms with Crippen LogP contribution in [-0.2, 0) is 13.1 Å². The molecule has 1 aromatic heterocycles. The number of ether oxygens (including phenoxy) is 1. The van der Waals surface area contributed by atoms with Crippen molar-refractivity contribution in [1.82, 2.24) is 4.68 Å². The van der Waals surface area contributed by atoms with Crippen LogP contribution in [0.25, 0.3) is 11.3 Å². The van der Waals surface area contributed by atoms with E-state index in [0.717, 1.165) is 19.0 Å². The average Bonchev–Trinajstić information content (AvgIpc) is 2.77. The van der Waals surface area contributed by atoms with Crippen molar-refractivity contribution in [2.75, 3.05) is 7.11 Å². The summed E-state index contributed by atoms with van der Waals surface area (Å²) in [4.78, 5) is 0. The number of methoxy groups -OCH3 is 1. The molecule has 1 heterocycles. The molecule has 0 N–H and O–H groups in total. The van der Waals surface area contributed by atoms with Crippen molar-refractivity contribution in [2.45, 2.75) is 26.9 Å². The van der Waals surface area contributed by atoms with Gasteiger partial charge in [0.1, 0.15) is 0 Å². The van der Waals surface area contributed by atoms with E-state index >= 15 is 0 Å². The van der Waals surface area contributed by atoms with E-state index in [9.17, 15) is 0 Å². The first-order valence-electron chi connectivity index (χ1n) is 6.04. The van der Waals surface area contributed by atoms with Gasteiger partial charge >= 0.3 is 0 Å². The zero-order valence-corrected chi connectivity index (χ0v) is 10.7. The van der Waals surface area contributed by atoms with E-state index in [1.165, 1.54) is 11.3 Å². The fourth-order valence-corrected chi connectivity index (χ4v) is 2.19. The standard InChI is InChI=1S/C14H19N2O/c1-4-15-13(12-9-7-6-8-10-12)11-14(17-3)16(15)5-2/h6-11H,4-5H2,1-3H3/q+1. The minimum Gasteiger partial charge on any atom is -0.479 e. The summed E-state index contributed by atoms with van der Waals surface area (Å²) < 4.78 is 9.82. The predicted molar refractivity (Wildman–Crippen MR) is 68.0 cm³/mol. The van der Waals surface area contributed by atoms with Crippen LogP contribution in [0, 0.1) is 0 Å². The van der Waals surface area contributed by atoms with E-state index in [-0.39, 0.29) is 0 Å². The van der Waals surface area contributed by atoms with E-state index in [1.807, 2.05) is 6.07 Å². The van der Waals surface area contributed by atoms with Crippen molar-refractivity contribution in [3.8, 4) is 17.1 Å². The normalized spacial score (nSPS) is 10.5. The molecule has 2 rings (SSSR count). The van der Waals surface area contributed by atoms with Gasteiger partial charge in [-0.05, 0) is 26.0 Å². The zero-order valence-electron chi connectivity index (χ0n) is 10.7. The van der Waals surface area contributed by atoms with Crippen molar-refractivity contribution in [2.24, 2.45) is 0 Å². The van der Waals surface area contributed by atoms with Gasteiger partial charge in [0.25, 0.3) is 5.88 Å². The van der Waals surface area contributed by atoms with Gasteiger partial charge in [-0.1, -0.05) is 18.2 Å². The monoisotopic (exact) mass is 231 g/mol. The van der Waals surface area contributed by atoms with Crippen LogP contribution in [0.15, 0.2) is 36.4 Å². The summed E-state index contributed by atoms with van der Waals surface area (Å²) in [7, 11) is 1.72. The third kappa shape index (κ3) is 2.05. The van der Waals surface area contributed by atoms with Crippen molar-refractivity contribution >= 4 is 0 Å². The highest BCUT2D eigenvalue weighted by Crippen LogP contribution is 2.21. The van der Waals surface area contributed by atoms with E-state index in [2.05, 4.69) is 53.5 Å². The molecule has 2 aromatic rings. The molecule has 0 unspecified atom stereocenters. The van der Waals surface area contributed by atoms with Crippen LogP contribution in [0.3, 0.4) is 0 Å². The Morgan fingerprint density at radius 3 is 2.41 bits per heavy atom. The Morgan fingerprint density at radius 2 is 1.88 bits per heavy atom. The number of nitrogens with zero attached hydrogens (tertiary/aromatic N) is 2. The largest absolute Gasteiger partial charge is 0.479 e. The zero-order chi connectivity index (χ0) is 12.3. The minimum absolute atomic E-state index is 0.907. The lowest BCUT2D eigenvalue weighted by molar-refractivity contribution is -0.763. The van der Waals surface area contributed by atoms with E-state index in [4.69, 9.17) is 4.74 Å². The summed E-state index contributed by atoms with van der Waals surface area (Å²) in [5.41, 5.74) is 2.42. The molecular formula is C14H19N2O+. The van der Waals surface area contributed by atoms with Crippen molar-refractivity contribution in [3.63, 3.8) is 0 Å². The summed E-state index contributed by atoms with van der Waals surface area (Å²) in [5, 5.41) is 0. The molecule has 0 amide bonds. The summed E-state index contributed by atoms with van der Waals surface area (Å²) in [6.07, 6.45) is 0. The molecule has 3 heteroatoms. The number of aromatic nitrogens is 2. The van der Waals surface area contributed by atoms with Gasteiger partial charge in [-0.2, -0.15) is 0 Å². The molecule has 0 saturated carbocycles. The molecule has 0 atom stereocenters. The molecule has 0 aliphatic rings. The molecule has 0 radical (unpaired) electrons. The number of benzene rings is 1. The Balaban J connectivity index is 2.58. The lowest BCUT2D eigenvalue weighted by atomic mass is 10.1. The summed E-state index contributed by atoms with van der Waals surface area (Å²) in [6.45, 7) is 6.12. The first-order valence-corrected chi connectivity index (χ1v) is 6.04. The van der Waals surface area contributed by atoms with Crippen LogP contribution in [0.5, 0.6) is 5.88 Å². The fourth-order valence-electron chi connectivity index (χ4n) is 2.19. The second-order valence-electron chi connectivity index (χ2n) is 3.87. The Morgan fingerprint density at radius 1 is 1.18 bits per heavy atom. The molecule has 0 aliphatic heterocycles. The van der Waals surface area contributed by atoms with Gasteiger partial charge in [0.05, 0.1) is 19.7 Å². The lowest BCUT2D eigenvalue weighted by Crippen LogP contribution is -2.43. The Labute approximate surface area is 102 Å². The van der Waals surface area contributed by atoms with Crippen LogP contribution in [0.4, 0.5) is 0 Å². The lowest BCUT2D eigenvalue weighted by Gasteiger charge is -2.02. The highest BCUT2D eigenvalue weighted by atomic mass is 16.5. The van der Waals surface area contributed by atoms with E-state index in [0.29, 0.717) is 0 Å². The molecule has 0 spiro atoms. The first-order chi connectivity index (χ1) is 8.31. The quantitative estimate of drug-likeness (QED) is 0.739. The summed E-state index contributed by atoms with van der Waals surface area (Å²) in [5.74, 6) is 0.910. The van der Waals surface area contributed by atoms with Crippen LogP contribution >= 0.6 is 0 Å². The third-order valence-electron chi connectivity index (χ3n) is 2.96. The summed E-state index contributed by atoms with van der Waals surface area (Å²) in [6, 6.07) is 12.5. The topological polar surface area (TPSA) is 18.0 Å². The second kappa shape index (κ2) is 5.04. The number of rotatable bonds is 4. The van der Waals surface area contributed by atoms with Gasteiger partial charge < -0.3 is 4.74 Å². The van der Waals surface area contributed by atoms with E-state index < -0.39 is 0 Å². The van der Waals surface area contributed by atoms with Gasteiger partial charge in [0.2, 0.25) is 5.69 Å². The van der Waals surface area contributed by atoms with Crippen LogP contribution in [-0.4, -0.2) is 11.8 Å². The molecule has 0 saturated heterocycles. The SMILES string of the molecule is CCn1c(OC)cc(-c2ccccc2)[n+]1CC. The van der Waals surface area contributed by atoms with Crippen LogP contribution < -0.4 is 9.42 Å². The number of hydrogen-bond acceptors (Lipinski definition) is 1. The second-order valence-corrected chi connectivity index (χ2v) is 3.87. The Hall–Kier alpha value is -1.77. The van der Waals surface area contributed by atoms with Crippen LogP contribution in [0.1, 0.15) is 13.8 Å². The van der Waals surface area contributed by atoms with Gasteiger partial charge in [0, 0.05) is 5.56 Å². The highest BCUT2D eigenvalue weighted by Gasteiger charge is 2.22. The smallest absolute Gasteiger partial charge is 0.252 e. The molecular weight excluding hydrogens is 212 g/mol. The number of hydrogen-bond donors (Lipinski definition) is 0.